The number of nitrogen functional groups attached to an aromatic ring is 2. The van der Waals surface area contributed by atoms with E-state index in [0.717, 1.165) is 11.1 Å². The van der Waals surface area contributed by atoms with Gasteiger partial charge in [-0.1, -0.05) is 60.7 Å². The molecule has 0 saturated carbocycles. The standard InChI is InChI=1S/C17H17N5/c1-17(12-8-4-2-5-9-12,13-10-6-3-7-11-13)14-15(18)20-16(19)22-21-14/h2-11H,1H3,(H4,18,19,20,22). The van der Waals surface area contributed by atoms with Gasteiger partial charge in [-0.25, -0.2) is 0 Å². The van der Waals surface area contributed by atoms with Gasteiger partial charge < -0.3 is 11.5 Å². The van der Waals surface area contributed by atoms with E-state index in [1.807, 2.05) is 60.7 Å². The molecule has 1 heterocycles. The molecule has 0 bridgehead atoms. The third kappa shape index (κ3) is 2.26. The summed E-state index contributed by atoms with van der Waals surface area (Å²) >= 11 is 0. The Labute approximate surface area is 129 Å². The maximum absolute atomic E-state index is 6.09. The zero-order valence-electron chi connectivity index (χ0n) is 12.3. The van der Waals surface area contributed by atoms with Crippen molar-refractivity contribution in [3.63, 3.8) is 0 Å². The van der Waals surface area contributed by atoms with Crippen LogP contribution in [0.2, 0.25) is 0 Å². The van der Waals surface area contributed by atoms with Gasteiger partial charge in [-0.15, -0.1) is 10.2 Å². The minimum absolute atomic E-state index is 0.0738. The van der Waals surface area contributed by atoms with Crippen molar-refractivity contribution in [3.8, 4) is 0 Å². The predicted molar refractivity (Wildman–Crippen MR) is 87.1 cm³/mol. The first-order valence-electron chi connectivity index (χ1n) is 6.99. The second-order valence-electron chi connectivity index (χ2n) is 5.26. The summed E-state index contributed by atoms with van der Waals surface area (Å²) in [5, 5.41) is 8.13. The minimum Gasteiger partial charge on any atom is -0.382 e. The molecule has 4 N–H and O–H groups in total. The number of hydrogen-bond acceptors (Lipinski definition) is 5. The first kappa shape index (κ1) is 14.0. The van der Waals surface area contributed by atoms with Crippen LogP contribution in [0.5, 0.6) is 0 Å². The minimum atomic E-state index is -0.555. The molecule has 0 aliphatic carbocycles. The fraction of sp³-hybridized carbons (Fsp3) is 0.118. The smallest absolute Gasteiger partial charge is 0.242 e. The molecular formula is C17H17N5. The molecular weight excluding hydrogens is 274 g/mol. The predicted octanol–water partition coefficient (Wildman–Crippen LogP) is 2.39. The van der Waals surface area contributed by atoms with Crippen LogP contribution in [-0.2, 0) is 5.41 Å². The molecule has 2 aromatic carbocycles. The summed E-state index contributed by atoms with van der Waals surface area (Å²) in [5.74, 6) is 0.368. The molecule has 0 fully saturated rings. The molecule has 0 amide bonds. The third-order valence-corrected chi connectivity index (χ3v) is 3.91. The molecule has 0 aliphatic heterocycles. The Morgan fingerprint density at radius 1 is 0.773 bits per heavy atom. The molecule has 0 unspecified atom stereocenters. The molecule has 3 rings (SSSR count). The van der Waals surface area contributed by atoms with E-state index in [2.05, 4.69) is 22.1 Å². The lowest BCUT2D eigenvalue weighted by atomic mass is 9.73. The van der Waals surface area contributed by atoms with Crippen LogP contribution in [0.3, 0.4) is 0 Å². The number of anilines is 2. The maximum atomic E-state index is 6.09. The van der Waals surface area contributed by atoms with E-state index in [-0.39, 0.29) is 5.95 Å². The number of hydrogen-bond donors (Lipinski definition) is 2. The number of benzene rings is 2. The molecule has 0 atom stereocenters. The van der Waals surface area contributed by atoms with E-state index in [0.29, 0.717) is 11.5 Å². The van der Waals surface area contributed by atoms with Crippen LogP contribution >= 0.6 is 0 Å². The average Bonchev–Trinajstić information content (AvgIpc) is 2.56. The monoisotopic (exact) mass is 291 g/mol. The second kappa shape index (κ2) is 5.44. The Kier molecular flexibility index (Phi) is 3.47. The van der Waals surface area contributed by atoms with E-state index in [1.165, 1.54) is 0 Å². The quantitative estimate of drug-likeness (QED) is 0.773. The van der Waals surface area contributed by atoms with E-state index < -0.39 is 5.41 Å². The first-order chi connectivity index (χ1) is 10.6. The second-order valence-corrected chi connectivity index (χ2v) is 5.26. The summed E-state index contributed by atoms with van der Waals surface area (Å²) in [7, 11) is 0. The molecule has 0 saturated heterocycles. The van der Waals surface area contributed by atoms with Crippen molar-refractivity contribution >= 4 is 11.8 Å². The van der Waals surface area contributed by atoms with Crippen molar-refractivity contribution in [1.82, 2.24) is 15.2 Å². The Morgan fingerprint density at radius 3 is 1.73 bits per heavy atom. The number of nitrogens with zero attached hydrogens (tertiary/aromatic N) is 3. The molecule has 110 valence electrons. The van der Waals surface area contributed by atoms with Crippen molar-refractivity contribution in [2.24, 2.45) is 0 Å². The van der Waals surface area contributed by atoms with Crippen molar-refractivity contribution in [1.29, 1.82) is 0 Å². The molecule has 22 heavy (non-hydrogen) atoms. The Morgan fingerprint density at radius 2 is 1.27 bits per heavy atom. The molecule has 0 aliphatic rings. The highest BCUT2D eigenvalue weighted by Gasteiger charge is 2.35. The highest BCUT2D eigenvalue weighted by atomic mass is 15.2. The lowest BCUT2D eigenvalue weighted by Crippen LogP contribution is -2.29. The SMILES string of the molecule is CC(c1ccccc1)(c1ccccc1)c1nnc(N)nc1N. The molecule has 3 aromatic rings. The van der Waals surface area contributed by atoms with Gasteiger partial charge in [0.2, 0.25) is 5.95 Å². The van der Waals surface area contributed by atoms with Gasteiger partial charge in [0.1, 0.15) is 5.69 Å². The number of rotatable bonds is 3. The van der Waals surface area contributed by atoms with Crippen molar-refractivity contribution < 1.29 is 0 Å². The molecule has 0 radical (unpaired) electrons. The lowest BCUT2D eigenvalue weighted by Gasteiger charge is -2.30. The van der Waals surface area contributed by atoms with Crippen LogP contribution < -0.4 is 11.5 Å². The van der Waals surface area contributed by atoms with E-state index in [4.69, 9.17) is 11.5 Å². The normalized spacial score (nSPS) is 11.3. The van der Waals surface area contributed by atoms with Crippen molar-refractivity contribution in [2.45, 2.75) is 12.3 Å². The largest absolute Gasteiger partial charge is 0.382 e. The fourth-order valence-corrected chi connectivity index (χ4v) is 2.69. The number of aromatic nitrogens is 3. The zero-order valence-corrected chi connectivity index (χ0v) is 12.3. The van der Waals surface area contributed by atoms with Crippen LogP contribution in [0.1, 0.15) is 23.7 Å². The van der Waals surface area contributed by atoms with Crippen LogP contribution in [0.4, 0.5) is 11.8 Å². The Bertz CT molecular complexity index is 732. The Hall–Kier alpha value is -2.95. The lowest BCUT2D eigenvalue weighted by molar-refractivity contribution is 0.647. The van der Waals surface area contributed by atoms with Crippen molar-refractivity contribution in [3.05, 3.63) is 77.5 Å². The summed E-state index contributed by atoms with van der Waals surface area (Å²) in [4.78, 5) is 4.07. The van der Waals surface area contributed by atoms with Gasteiger partial charge in [-0.2, -0.15) is 4.98 Å². The molecule has 0 spiro atoms. The van der Waals surface area contributed by atoms with Gasteiger partial charge >= 0.3 is 0 Å². The van der Waals surface area contributed by atoms with Crippen LogP contribution in [0.15, 0.2) is 60.7 Å². The Balaban J connectivity index is 2.28. The zero-order chi connectivity index (χ0) is 15.6. The third-order valence-electron chi connectivity index (χ3n) is 3.91. The van der Waals surface area contributed by atoms with Crippen LogP contribution in [0, 0.1) is 0 Å². The maximum Gasteiger partial charge on any atom is 0.242 e. The summed E-state index contributed by atoms with van der Waals surface area (Å²) in [6, 6.07) is 20.1. The van der Waals surface area contributed by atoms with Gasteiger partial charge in [0.25, 0.3) is 0 Å². The van der Waals surface area contributed by atoms with E-state index in [1.54, 1.807) is 0 Å². The molecule has 5 heteroatoms. The topological polar surface area (TPSA) is 90.7 Å². The summed E-state index contributed by atoms with van der Waals surface area (Å²) in [6.07, 6.45) is 0. The summed E-state index contributed by atoms with van der Waals surface area (Å²) in [6.45, 7) is 2.07. The van der Waals surface area contributed by atoms with Gasteiger partial charge in [0, 0.05) is 0 Å². The van der Waals surface area contributed by atoms with Gasteiger partial charge in [0.05, 0.1) is 5.41 Å². The van der Waals surface area contributed by atoms with Gasteiger partial charge in [-0.05, 0) is 18.1 Å². The number of nitrogens with two attached hydrogens (primary N) is 2. The summed E-state index contributed by atoms with van der Waals surface area (Å²) in [5.41, 5.74) is 13.8. The fourth-order valence-electron chi connectivity index (χ4n) is 2.69. The van der Waals surface area contributed by atoms with E-state index >= 15 is 0 Å². The van der Waals surface area contributed by atoms with Crippen LogP contribution in [0.25, 0.3) is 0 Å². The highest BCUT2D eigenvalue weighted by molar-refractivity contribution is 5.54. The van der Waals surface area contributed by atoms with Crippen molar-refractivity contribution in [2.75, 3.05) is 11.5 Å². The van der Waals surface area contributed by atoms with Crippen LogP contribution in [-0.4, -0.2) is 15.2 Å². The van der Waals surface area contributed by atoms with E-state index in [9.17, 15) is 0 Å². The molecule has 5 nitrogen and oxygen atoms in total. The van der Waals surface area contributed by atoms with Gasteiger partial charge in [-0.3, -0.25) is 0 Å². The highest BCUT2D eigenvalue weighted by Crippen LogP contribution is 2.39. The molecule has 1 aromatic heterocycles. The average molecular weight is 291 g/mol. The first-order valence-corrected chi connectivity index (χ1v) is 6.99. The van der Waals surface area contributed by atoms with Gasteiger partial charge in [0.15, 0.2) is 5.82 Å². The summed E-state index contributed by atoms with van der Waals surface area (Å²) < 4.78 is 0.